The van der Waals surface area contributed by atoms with Crippen LogP contribution >= 0.6 is 0 Å². The molecule has 150 valence electrons. The molecule has 2 aliphatic rings. The van der Waals surface area contributed by atoms with Crippen LogP contribution in [0, 0.1) is 11.5 Å². The van der Waals surface area contributed by atoms with E-state index in [1.807, 2.05) is 11.6 Å². The van der Waals surface area contributed by atoms with E-state index >= 15 is 0 Å². The first-order chi connectivity index (χ1) is 14.1. The molecule has 4 heterocycles. The molecule has 0 saturated carbocycles. The fraction of sp³-hybridized carbons (Fsp3) is 0.429. The lowest BCUT2D eigenvalue weighted by Crippen LogP contribution is -2.37. The molecule has 1 aliphatic heterocycles. The third kappa shape index (κ3) is 2.98. The average Bonchev–Trinajstić information content (AvgIpc) is 3.03. The Morgan fingerprint density at radius 2 is 1.90 bits per heavy atom. The van der Waals surface area contributed by atoms with E-state index in [0.29, 0.717) is 22.3 Å². The molecule has 29 heavy (non-hydrogen) atoms. The molecule has 0 amide bonds. The van der Waals surface area contributed by atoms with Gasteiger partial charge in [-0.3, -0.25) is 0 Å². The number of allylic oxidation sites excluding steroid dienone is 2. The molecule has 0 unspecified atom stereocenters. The summed E-state index contributed by atoms with van der Waals surface area (Å²) >= 11 is 0. The summed E-state index contributed by atoms with van der Waals surface area (Å²) in [7, 11) is 1.89. The van der Waals surface area contributed by atoms with Crippen LogP contribution in [0.1, 0.15) is 37.8 Å². The second kappa shape index (κ2) is 6.88. The Morgan fingerprint density at radius 3 is 2.59 bits per heavy atom. The summed E-state index contributed by atoms with van der Waals surface area (Å²) in [5.41, 5.74) is 9.96. The topological polar surface area (TPSA) is 94.5 Å². The Morgan fingerprint density at radius 1 is 1.14 bits per heavy atom. The first kappa shape index (κ1) is 18.2. The van der Waals surface area contributed by atoms with E-state index in [9.17, 15) is 4.39 Å². The van der Waals surface area contributed by atoms with E-state index in [4.69, 9.17) is 5.73 Å². The SMILES string of the molecule is Cn1c(C2=CCC3(CCNCC3)CC2)c(-c2ncccn2)c2c(N)nc(F)nc21. The van der Waals surface area contributed by atoms with Gasteiger partial charge in [0.15, 0.2) is 5.82 Å². The van der Waals surface area contributed by atoms with Crippen molar-refractivity contribution in [2.24, 2.45) is 12.5 Å². The van der Waals surface area contributed by atoms with Crippen molar-refractivity contribution in [2.75, 3.05) is 18.8 Å². The summed E-state index contributed by atoms with van der Waals surface area (Å²) in [6.07, 6.45) is 10.5. The molecule has 0 atom stereocenters. The maximum atomic E-state index is 13.9. The number of fused-ring (bicyclic) bond motifs is 1. The number of halogens is 1. The molecule has 3 N–H and O–H groups in total. The molecule has 1 spiro atoms. The number of hydrogen-bond acceptors (Lipinski definition) is 6. The van der Waals surface area contributed by atoms with Gasteiger partial charge in [0.05, 0.1) is 16.6 Å². The Bertz CT molecular complexity index is 1100. The number of rotatable bonds is 2. The van der Waals surface area contributed by atoms with Crippen LogP contribution in [0.15, 0.2) is 24.5 Å². The number of aromatic nitrogens is 5. The summed E-state index contributed by atoms with van der Waals surface area (Å²) in [4.78, 5) is 16.7. The maximum Gasteiger partial charge on any atom is 0.312 e. The fourth-order valence-corrected chi connectivity index (χ4v) is 4.90. The summed E-state index contributed by atoms with van der Waals surface area (Å²) in [6, 6.07) is 1.77. The minimum atomic E-state index is -0.825. The van der Waals surface area contributed by atoms with Gasteiger partial charge in [-0.05, 0) is 62.2 Å². The lowest BCUT2D eigenvalue weighted by Gasteiger charge is -2.40. The number of nitrogens with two attached hydrogens (primary N) is 1. The van der Waals surface area contributed by atoms with Gasteiger partial charge in [-0.25, -0.2) is 9.97 Å². The summed E-state index contributed by atoms with van der Waals surface area (Å²) in [5, 5.41) is 4.07. The molecule has 3 aromatic heterocycles. The number of anilines is 1. The van der Waals surface area contributed by atoms with Crippen LogP contribution in [0.25, 0.3) is 28.0 Å². The van der Waals surface area contributed by atoms with Crippen LogP contribution in [-0.2, 0) is 7.05 Å². The minimum Gasteiger partial charge on any atom is -0.383 e. The number of piperidine rings is 1. The Labute approximate surface area is 168 Å². The summed E-state index contributed by atoms with van der Waals surface area (Å²) in [5.74, 6) is 0.668. The van der Waals surface area contributed by atoms with Gasteiger partial charge in [0.2, 0.25) is 0 Å². The second-order valence-electron chi connectivity index (χ2n) is 8.11. The number of hydrogen-bond donors (Lipinski definition) is 2. The largest absolute Gasteiger partial charge is 0.383 e. The molecular weight excluding hydrogens is 369 g/mol. The van der Waals surface area contributed by atoms with Crippen LogP contribution in [0.5, 0.6) is 0 Å². The quantitative estimate of drug-likeness (QED) is 0.650. The Hall–Kier alpha value is -2.87. The predicted molar refractivity (Wildman–Crippen MR) is 110 cm³/mol. The van der Waals surface area contributed by atoms with Crippen LogP contribution in [-0.4, -0.2) is 37.6 Å². The highest BCUT2D eigenvalue weighted by Gasteiger charge is 2.35. The Balaban J connectivity index is 1.70. The lowest BCUT2D eigenvalue weighted by atomic mass is 9.68. The Kier molecular flexibility index (Phi) is 4.31. The van der Waals surface area contributed by atoms with E-state index in [1.54, 1.807) is 18.5 Å². The van der Waals surface area contributed by atoms with Crippen molar-refractivity contribution in [3.63, 3.8) is 0 Å². The van der Waals surface area contributed by atoms with Crippen molar-refractivity contribution in [3.05, 3.63) is 36.3 Å². The highest BCUT2D eigenvalue weighted by molar-refractivity contribution is 6.04. The van der Waals surface area contributed by atoms with Gasteiger partial charge in [0.1, 0.15) is 11.5 Å². The lowest BCUT2D eigenvalue weighted by molar-refractivity contribution is 0.184. The van der Waals surface area contributed by atoms with Gasteiger partial charge in [-0.15, -0.1) is 0 Å². The zero-order chi connectivity index (χ0) is 20.0. The number of nitrogen functional groups attached to an aromatic ring is 1. The van der Waals surface area contributed by atoms with Crippen LogP contribution in [0.3, 0.4) is 0 Å². The molecule has 3 aromatic rings. The van der Waals surface area contributed by atoms with E-state index in [2.05, 4.69) is 31.3 Å². The second-order valence-corrected chi connectivity index (χ2v) is 8.11. The van der Waals surface area contributed by atoms with E-state index in [-0.39, 0.29) is 5.82 Å². The first-order valence-electron chi connectivity index (χ1n) is 10.1. The molecule has 8 heteroatoms. The summed E-state index contributed by atoms with van der Waals surface area (Å²) < 4.78 is 15.8. The molecule has 0 bridgehead atoms. The monoisotopic (exact) mass is 393 g/mol. The highest BCUT2D eigenvalue weighted by Crippen LogP contribution is 2.47. The zero-order valence-electron chi connectivity index (χ0n) is 16.5. The fourth-order valence-electron chi connectivity index (χ4n) is 4.90. The van der Waals surface area contributed by atoms with Crippen molar-refractivity contribution >= 4 is 22.4 Å². The molecule has 1 fully saturated rings. The zero-order valence-corrected chi connectivity index (χ0v) is 16.5. The van der Waals surface area contributed by atoms with Crippen molar-refractivity contribution in [1.29, 1.82) is 0 Å². The number of nitrogens with zero attached hydrogens (tertiary/aromatic N) is 5. The van der Waals surface area contributed by atoms with Gasteiger partial charge < -0.3 is 15.6 Å². The van der Waals surface area contributed by atoms with E-state index in [1.165, 1.54) is 18.4 Å². The van der Waals surface area contributed by atoms with Crippen molar-refractivity contribution in [1.82, 2.24) is 29.8 Å². The number of nitrogens with one attached hydrogen (secondary N) is 1. The van der Waals surface area contributed by atoms with E-state index < -0.39 is 6.08 Å². The third-order valence-corrected chi connectivity index (χ3v) is 6.49. The molecular formula is C21H24FN7. The predicted octanol–water partition coefficient (Wildman–Crippen LogP) is 3.08. The van der Waals surface area contributed by atoms with Crippen molar-refractivity contribution < 1.29 is 4.39 Å². The minimum absolute atomic E-state index is 0.114. The standard InChI is InChI=1S/C21H24FN7/c1-29-16(13-3-5-21(6-4-13)7-11-24-12-8-21)14(18-25-9-2-10-26-18)15-17(23)27-20(22)28-19(15)29/h2-3,9-10,24H,4-8,11-12H2,1H3,(H2,23,27,28). The molecule has 1 aliphatic carbocycles. The summed E-state index contributed by atoms with van der Waals surface area (Å²) in [6.45, 7) is 2.18. The van der Waals surface area contributed by atoms with Crippen LogP contribution < -0.4 is 11.1 Å². The molecule has 0 aromatic carbocycles. The van der Waals surface area contributed by atoms with Gasteiger partial charge in [0, 0.05) is 19.4 Å². The molecule has 0 radical (unpaired) electrons. The maximum absolute atomic E-state index is 13.9. The van der Waals surface area contributed by atoms with Gasteiger partial charge >= 0.3 is 6.08 Å². The van der Waals surface area contributed by atoms with Gasteiger partial charge in [-0.1, -0.05) is 6.08 Å². The van der Waals surface area contributed by atoms with Crippen LogP contribution in [0.2, 0.25) is 0 Å². The third-order valence-electron chi connectivity index (χ3n) is 6.49. The van der Waals surface area contributed by atoms with Crippen molar-refractivity contribution in [2.45, 2.75) is 32.1 Å². The normalized spacial score (nSPS) is 18.9. The van der Waals surface area contributed by atoms with Gasteiger partial charge in [0.25, 0.3) is 0 Å². The first-order valence-corrected chi connectivity index (χ1v) is 10.1. The molecule has 5 rings (SSSR count). The van der Waals surface area contributed by atoms with Crippen LogP contribution in [0.4, 0.5) is 10.2 Å². The average molecular weight is 393 g/mol. The molecule has 7 nitrogen and oxygen atoms in total. The molecule has 1 saturated heterocycles. The van der Waals surface area contributed by atoms with Crippen molar-refractivity contribution in [3.8, 4) is 11.4 Å². The van der Waals surface area contributed by atoms with E-state index in [0.717, 1.165) is 43.6 Å². The number of aryl methyl sites for hydroxylation is 1. The van der Waals surface area contributed by atoms with Gasteiger partial charge in [-0.2, -0.15) is 14.4 Å². The highest BCUT2D eigenvalue weighted by atomic mass is 19.1. The smallest absolute Gasteiger partial charge is 0.312 e.